The van der Waals surface area contributed by atoms with Gasteiger partial charge in [-0.15, -0.1) is 0 Å². The van der Waals surface area contributed by atoms with Gasteiger partial charge in [-0.25, -0.2) is 0 Å². The van der Waals surface area contributed by atoms with Gasteiger partial charge in [0.15, 0.2) is 0 Å². The number of aliphatic hydroxyl groups excluding tert-OH is 1. The SMILES string of the molecule is CC(C)(O)[C@@H]1CC[C@]2(C)CC[C@]3(C)[C@H](CC[C@H]4[C@@]5(C)CC[C@H](O)C(C)(C)[C@@H]5CC[C@]43C)[C@@H]12. The lowest BCUT2D eigenvalue weighted by Gasteiger charge is -2.73. The standard InChI is InChI=1S/C30H52O2/c1-25(2)21-12-16-30(8)22(28(21,6)15-13-23(25)31)10-9-20-24-19(26(3,4)32)11-14-27(24,5)17-18-29(20,30)7/h19-24,31-32H,9-18H2,1-8H3/t19-,20-,21+,22+,23+,24-,27-,28+,29-,30-/m1/s1. The van der Waals surface area contributed by atoms with Crippen LogP contribution in [0.1, 0.15) is 120 Å². The summed E-state index contributed by atoms with van der Waals surface area (Å²) in [5.41, 5.74) is 1.02. The summed E-state index contributed by atoms with van der Waals surface area (Å²) in [6.45, 7) is 19.5. The molecule has 0 spiro atoms. The summed E-state index contributed by atoms with van der Waals surface area (Å²) in [5, 5.41) is 22.1. The molecule has 5 fully saturated rings. The predicted molar refractivity (Wildman–Crippen MR) is 132 cm³/mol. The summed E-state index contributed by atoms with van der Waals surface area (Å²) in [7, 11) is 0. The Morgan fingerprint density at radius 2 is 1.38 bits per heavy atom. The average molecular weight is 445 g/mol. The van der Waals surface area contributed by atoms with E-state index in [2.05, 4.69) is 55.4 Å². The van der Waals surface area contributed by atoms with Gasteiger partial charge in [-0.1, -0.05) is 41.5 Å². The van der Waals surface area contributed by atoms with E-state index in [1.165, 1.54) is 57.8 Å². The molecule has 32 heavy (non-hydrogen) atoms. The lowest BCUT2D eigenvalue weighted by Crippen LogP contribution is -2.66. The molecule has 2 N–H and O–H groups in total. The molecule has 0 bridgehead atoms. The molecule has 0 amide bonds. The Labute approximate surface area is 198 Å². The molecule has 0 aliphatic heterocycles. The smallest absolute Gasteiger partial charge is 0.0622 e. The highest BCUT2D eigenvalue weighted by Crippen LogP contribution is 2.77. The third kappa shape index (κ3) is 2.78. The summed E-state index contributed by atoms with van der Waals surface area (Å²) in [6, 6.07) is 0. The van der Waals surface area contributed by atoms with E-state index in [-0.39, 0.29) is 11.5 Å². The predicted octanol–water partition coefficient (Wildman–Crippen LogP) is 7.22. The first-order valence-corrected chi connectivity index (χ1v) is 14.0. The van der Waals surface area contributed by atoms with Crippen molar-refractivity contribution in [2.45, 2.75) is 131 Å². The molecule has 0 heterocycles. The van der Waals surface area contributed by atoms with Gasteiger partial charge < -0.3 is 10.2 Å². The van der Waals surface area contributed by atoms with Crippen molar-refractivity contribution in [3.05, 3.63) is 0 Å². The van der Waals surface area contributed by atoms with E-state index in [9.17, 15) is 10.2 Å². The Hall–Kier alpha value is -0.0800. The van der Waals surface area contributed by atoms with Gasteiger partial charge in [0, 0.05) is 0 Å². The van der Waals surface area contributed by atoms with Crippen molar-refractivity contribution >= 4 is 0 Å². The minimum Gasteiger partial charge on any atom is -0.393 e. The molecule has 10 atom stereocenters. The molecular formula is C30H52O2. The number of hydrogen-bond acceptors (Lipinski definition) is 2. The van der Waals surface area contributed by atoms with E-state index in [0.717, 1.165) is 18.3 Å². The van der Waals surface area contributed by atoms with Crippen LogP contribution in [0.3, 0.4) is 0 Å². The Balaban J connectivity index is 1.54. The second-order valence-corrected chi connectivity index (χ2v) is 15.5. The molecule has 0 saturated heterocycles. The van der Waals surface area contributed by atoms with Crippen molar-refractivity contribution in [1.29, 1.82) is 0 Å². The molecule has 0 aromatic carbocycles. The van der Waals surface area contributed by atoms with Crippen molar-refractivity contribution in [1.82, 2.24) is 0 Å². The summed E-state index contributed by atoms with van der Waals surface area (Å²) < 4.78 is 0. The van der Waals surface area contributed by atoms with Crippen LogP contribution >= 0.6 is 0 Å². The highest BCUT2D eigenvalue weighted by molar-refractivity contribution is 5.19. The number of rotatable bonds is 1. The monoisotopic (exact) mass is 444 g/mol. The molecule has 5 rings (SSSR count). The molecule has 0 aromatic heterocycles. The van der Waals surface area contributed by atoms with Crippen LogP contribution in [0.15, 0.2) is 0 Å². The molecule has 0 unspecified atom stereocenters. The van der Waals surface area contributed by atoms with Crippen LogP contribution in [0.4, 0.5) is 0 Å². The lowest BCUT2D eigenvalue weighted by atomic mass is 9.32. The van der Waals surface area contributed by atoms with E-state index in [1.807, 2.05) is 0 Å². The minimum absolute atomic E-state index is 0.0364. The third-order valence-electron chi connectivity index (χ3n) is 13.7. The van der Waals surface area contributed by atoms with Gasteiger partial charge in [0.25, 0.3) is 0 Å². The van der Waals surface area contributed by atoms with Crippen molar-refractivity contribution < 1.29 is 10.2 Å². The maximum absolute atomic E-state index is 11.2. The highest BCUT2D eigenvalue weighted by atomic mass is 16.3. The summed E-state index contributed by atoms with van der Waals surface area (Å²) in [6.07, 6.45) is 12.6. The normalized spacial score (nSPS) is 57.2. The van der Waals surface area contributed by atoms with E-state index in [4.69, 9.17) is 0 Å². The van der Waals surface area contributed by atoms with Crippen LogP contribution in [0.5, 0.6) is 0 Å². The number of fused-ring (bicyclic) bond motifs is 7. The number of aliphatic hydroxyl groups is 2. The van der Waals surface area contributed by atoms with Crippen molar-refractivity contribution in [3.8, 4) is 0 Å². The van der Waals surface area contributed by atoms with Gasteiger partial charge in [-0.3, -0.25) is 0 Å². The first-order valence-electron chi connectivity index (χ1n) is 14.0. The minimum atomic E-state index is -0.564. The summed E-state index contributed by atoms with van der Waals surface area (Å²) in [4.78, 5) is 0. The molecule has 5 aliphatic carbocycles. The maximum Gasteiger partial charge on any atom is 0.0622 e. The van der Waals surface area contributed by atoms with E-state index in [0.29, 0.717) is 39.4 Å². The highest BCUT2D eigenvalue weighted by Gasteiger charge is 2.70. The second kappa shape index (κ2) is 6.77. The molecular weight excluding hydrogens is 392 g/mol. The average Bonchev–Trinajstić information content (AvgIpc) is 3.04. The van der Waals surface area contributed by atoms with Crippen LogP contribution in [-0.2, 0) is 0 Å². The van der Waals surface area contributed by atoms with Gasteiger partial charge in [0.2, 0.25) is 0 Å². The molecule has 0 radical (unpaired) electrons. The Bertz CT molecular complexity index is 765. The van der Waals surface area contributed by atoms with Crippen LogP contribution in [0, 0.1) is 56.7 Å². The quantitative estimate of drug-likeness (QED) is 0.448. The summed E-state index contributed by atoms with van der Waals surface area (Å²) in [5.74, 6) is 3.29. The van der Waals surface area contributed by atoms with Crippen LogP contribution < -0.4 is 0 Å². The van der Waals surface area contributed by atoms with Crippen molar-refractivity contribution in [2.75, 3.05) is 0 Å². The van der Waals surface area contributed by atoms with Gasteiger partial charge in [0.05, 0.1) is 11.7 Å². The zero-order chi connectivity index (χ0) is 23.5. The molecule has 0 aromatic rings. The first kappa shape index (κ1) is 23.7. The Morgan fingerprint density at radius 1 is 0.688 bits per heavy atom. The van der Waals surface area contributed by atoms with E-state index < -0.39 is 5.60 Å². The van der Waals surface area contributed by atoms with Crippen molar-refractivity contribution in [3.63, 3.8) is 0 Å². The van der Waals surface area contributed by atoms with E-state index >= 15 is 0 Å². The zero-order valence-electron chi connectivity index (χ0n) is 22.4. The van der Waals surface area contributed by atoms with Gasteiger partial charge >= 0.3 is 0 Å². The fourth-order valence-corrected chi connectivity index (χ4v) is 11.7. The first-order chi connectivity index (χ1) is 14.6. The van der Waals surface area contributed by atoms with Gasteiger partial charge in [-0.2, -0.15) is 0 Å². The lowest BCUT2D eigenvalue weighted by molar-refractivity contribution is -0.250. The van der Waals surface area contributed by atoms with Gasteiger partial charge in [-0.05, 0) is 135 Å². The summed E-state index contributed by atoms with van der Waals surface area (Å²) >= 11 is 0. The largest absolute Gasteiger partial charge is 0.393 e. The fraction of sp³-hybridized carbons (Fsp3) is 1.00. The van der Waals surface area contributed by atoms with Crippen LogP contribution in [-0.4, -0.2) is 21.9 Å². The zero-order valence-corrected chi connectivity index (χ0v) is 22.4. The molecule has 5 aliphatic rings. The van der Waals surface area contributed by atoms with Crippen LogP contribution in [0.2, 0.25) is 0 Å². The molecule has 2 nitrogen and oxygen atoms in total. The second-order valence-electron chi connectivity index (χ2n) is 15.5. The van der Waals surface area contributed by atoms with E-state index in [1.54, 1.807) is 0 Å². The number of hydrogen-bond donors (Lipinski definition) is 2. The van der Waals surface area contributed by atoms with Gasteiger partial charge in [0.1, 0.15) is 0 Å². The van der Waals surface area contributed by atoms with Crippen LogP contribution in [0.25, 0.3) is 0 Å². The third-order valence-corrected chi connectivity index (χ3v) is 13.7. The topological polar surface area (TPSA) is 40.5 Å². The molecule has 5 saturated carbocycles. The Kier molecular flexibility index (Phi) is 5.01. The molecule has 2 heteroatoms. The fourth-order valence-electron chi connectivity index (χ4n) is 11.7. The maximum atomic E-state index is 11.2. The molecule has 184 valence electrons. The Morgan fingerprint density at radius 3 is 2.03 bits per heavy atom. The van der Waals surface area contributed by atoms with Crippen molar-refractivity contribution in [2.24, 2.45) is 56.7 Å².